The van der Waals surface area contributed by atoms with Gasteiger partial charge >= 0.3 is 0 Å². The van der Waals surface area contributed by atoms with Crippen molar-refractivity contribution in [1.82, 2.24) is 14.9 Å². The van der Waals surface area contributed by atoms with E-state index in [4.69, 9.17) is 4.98 Å². The van der Waals surface area contributed by atoms with E-state index >= 15 is 0 Å². The normalized spacial score (nSPS) is 13.1. The van der Waals surface area contributed by atoms with E-state index in [0.29, 0.717) is 18.1 Å². The third-order valence-electron chi connectivity index (χ3n) is 5.91. The molecule has 0 bridgehead atoms. The van der Waals surface area contributed by atoms with Gasteiger partial charge in [-0.2, -0.15) is 0 Å². The molecule has 1 aliphatic rings. The minimum Gasteiger partial charge on any atom is -0.356 e. The van der Waals surface area contributed by atoms with Crippen molar-refractivity contribution in [3.05, 3.63) is 81.0 Å². The molecular formula is C26H25N3O2S2. The summed E-state index contributed by atoms with van der Waals surface area (Å²) in [5.74, 6) is -0.0353. The van der Waals surface area contributed by atoms with E-state index in [-0.39, 0.29) is 11.5 Å². The molecule has 33 heavy (non-hydrogen) atoms. The van der Waals surface area contributed by atoms with Crippen molar-refractivity contribution in [2.45, 2.75) is 49.1 Å². The van der Waals surface area contributed by atoms with E-state index in [0.717, 1.165) is 45.6 Å². The number of rotatable bonds is 6. The molecule has 1 amide bonds. The highest BCUT2D eigenvalue weighted by molar-refractivity contribution is 7.99. The number of aryl methyl sites for hydroxylation is 2. The molecule has 1 aliphatic carbocycles. The number of amides is 1. The van der Waals surface area contributed by atoms with Gasteiger partial charge in [-0.3, -0.25) is 14.2 Å². The summed E-state index contributed by atoms with van der Waals surface area (Å²) in [5, 5.41) is 4.33. The van der Waals surface area contributed by atoms with Gasteiger partial charge in [0.1, 0.15) is 4.83 Å². The molecule has 0 aliphatic heterocycles. The lowest BCUT2D eigenvalue weighted by molar-refractivity contribution is -0.118. The third kappa shape index (κ3) is 4.48. The van der Waals surface area contributed by atoms with Crippen LogP contribution >= 0.6 is 23.1 Å². The van der Waals surface area contributed by atoms with Crippen molar-refractivity contribution in [2.24, 2.45) is 0 Å². The first-order chi connectivity index (χ1) is 16.1. The number of para-hydroxylation sites is 1. The van der Waals surface area contributed by atoms with Crippen LogP contribution in [0.4, 0.5) is 0 Å². The molecule has 0 atom stereocenters. The number of hydrogen-bond donors (Lipinski definition) is 1. The first kappa shape index (κ1) is 21.9. The predicted octanol–water partition coefficient (Wildman–Crippen LogP) is 5.16. The number of carbonyl (C=O) groups is 1. The Balaban J connectivity index is 1.63. The Labute approximate surface area is 200 Å². The van der Waals surface area contributed by atoms with Gasteiger partial charge in [-0.05, 0) is 61.4 Å². The smallest absolute Gasteiger partial charge is 0.267 e. The molecule has 0 spiro atoms. The van der Waals surface area contributed by atoms with E-state index < -0.39 is 0 Å². The zero-order valence-corrected chi connectivity index (χ0v) is 20.1. The molecule has 2 aromatic heterocycles. The maximum atomic E-state index is 13.9. The first-order valence-electron chi connectivity index (χ1n) is 11.2. The summed E-state index contributed by atoms with van der Waals surface area (Å²) in [6, 6.07) is 17.9. The fourth-order valence-corrected chi connectivity index (χ4v) is 6.71. The summed E-state index contributed by atoms with van der Waals surface area (Å²) < 4.78 is 1.76. The molecule has 168 valence electrons. The number of hydrogen-bond acceptors (Lipinski definition) is 5. The molecule has 7 heteroatoms. The topological polar surface area (TPSA) is 64.0 Å². The standard InChI is InChI=1S/C26H25N3O2S2/c1-17(30)27-16-15-18-9-5-7-13-21(18)33-26-28-24-23(20-12-6-8-14-22(20)32-24)25(31)29(26)19-10-3-2-4-11-19/h2-5,7,9-11,13H,6,8,12,14-16H2,1H3,(H,27,30). The minimum absolute atomic E-state index is 0.0174. The van der Waals surface area contributed by atoms with Crippen LogP contribution in [-0.4, -0.2) is 22.0 Å². The van der Waals surface area contributed by atoms with E-state index in [1.165, 1.54) is 35.5 Å². The number of benzene rings is 2. The van der Waals surface area contributed by atoms with Crippen molar-refractivity contribution in [3.63, 3.8) is 0 Å². The maximum absolute atomic E-state index is 13.9. The molecule has 0 fully saturated rings. The molecule has 5 nitrogen and oxygen atoms in total. The van der Waals surface area contributed by atoms with Gasteiger partial charge < -0.3 is 5.32 Å². The predicted molar refractivity (Wildman–Crippen MR) is 135 cm³/mol. The molecule has 0 saturated carbocycles. The molecule has 0 radical (unpaired) electrons. The maximum Gasteiger partial charge on any atom is 0.267 e. The largest absolute Gasteiger partial charge is 0.356 e. The fraction of sp³-hybridized carbons (Fsp3) is 0.269. The van der Waals surface area contributed by atoms with Crippen molar-refractivity contribution in [1.29, 1.82) is 0 Å². The number of carbonyl (C=O) groups excluding carboxylic acids is 1. The van der Waals surface area contributed by atoms with Crippen LogP contribution in [0.2, 0.25) is 0 Å². The van der Waals surface area contributed by atoms with E-state index in [9.17, 15) is 9.59 Å². The summed E-state index contributed by atoms with van der Waals surface area (Å²) >= 11 is 3.19. The van der Waals surface area contributed by atoms with Gasteiger partial charge in [0.25, 0.3) is 5.56 Å². The van der Waals surface area contributed by atoms with E-state index in [2.05, 4.69) is 17.4 Å². The van der Waals surface area contributed by atoms with Gasteiger partial charge in [0.2, 0.25) is 5.91 Å². The Kier molecular flexibility index (Phi) is 6.33. The van der Waals surface area contributed by atoms with Crippen molar-refractivity contribution >= 4 is 39.2 Å². The van der Waals surface area contributed by atoms with Crippen LogP contribution in [-0.2, 0) is 24.1 Å². The number of fused-ring (bicyclic) bond motifs is 3. The van der Waals surface area contributed by atoms with Gasteiger partial charge in [-0.25, -0.2) is 4.98 Å². The Hall–Kier alpha value is -2.90. The molecule has 0 saturated heterocycles. The van der Waals surface area contributed by atoms with Crippen molar-refractivity contribution < 1.29 is 4.79 Å². The van der Waals surface area contributed by atoms with Crippen LogP contribution in [0, 0.1) is 0 Å². The van der Waals surface area contributed by atoms with Crippen LogP contribution in [0.1, 0.15) is 35.8 Å². The zero-order valence-electron chi connectivity index (χ0n) is 18.5. The minimum atomic E-state index is -0.0353. The molecule has 0 unspecified atom stereocenters. The second-order valence-corrected chi connectivity index (χ2v) is 10.3. The summed E-state index contributed by atoms with van der Waals surface area (Å²) in [7, 11) is 0. The number of nitrogens with one attached hydrogen (secondary N) is 1. The average molecular weight is 476 g/mol. The molecule has 1 N–H and O–H groups in total. The SMILES string of the molecule is CC(=O)NCCc1ccccc1Sc1nc2sc3c(c2c(=O)n1-c1ccccc1)CCCC3. The number of thiophene rings is 1. The quantitative estimate of drug-likeness (QED) is 0.392. The van der Waals surface area contributed by atoms with Crippen LogP contribution in [0.5, 0.6) is 0 Å². The Morgan fingerprint density at radius 2 is 1.85 bits per heavy atom. The summed E-state index contributed by atoms with van der Waals surface area (Å²) in [5.41, 5.74) is 3.17. The highest BCUT2D eigenvalue weighted by Gasteiger charge is 2.23. The van der Waals surface area contributed by atoms with E-state index in [1.54, 1.807) is 15.9 Å². The fourth-order valence-electron chi connectivity index (χ4n) is 4.34. The Morgan fingerprint density at radius 3 is 2.67 bits per heavy atom. The summed E-state index contributed by atoms with van der Waals surface area (Å²) in [6.45, 7) is 2.10. The van der Waals surface area contributed by atoms with Crippen molar-refractivity contribution in [3.8, 4) is 5.69 Å². The summed E-state index contributed by atoms with van der Waals surface area (Å²) in [4.78, 5) is 33.4. The van der Waals surface area contributed by atoms with Crippen LogP contribution in [0.25, 0.3) is 15.9 Å². The molecule has 4 aromatic rings. The van der Waals surface area contributed by atoms with Gasteiger partial charge in [0.05, 0.1) is 11.1 Å². The van der Waals surface area contributed by atoms with Gasteiger partial charge in [0, 0.05) is 23.2 Å². The van der Waals surface area contributed by atoms with Gasteiger partial charge in [-0.1, -0.05) is 48.2 Å². The molecule has 5 rings (SSSR count). The molecule has 2 aromatic carbocycles. The highest BCUT2D eigenvalue weighted by Crippen LogP contribution is 2.37. The lowest BCUT2D eigenvalue weighted by Crippen LogP contribution is -2.23. The Bertz CT molecular complexity index is 1380. The number of aromatic nitrogens is 2. The second-order valence-electron chi connectivity index (χ2n) is 8.20. The molecule has 2 heterocycles. The lowest BCUT2D eigenvalue weighted by Gasteiger charge is -2.15. The molecular weight excluding hydrogens is 450 g/mol. The lowest BCUT2D eigenvalue weighted by atomic mass is 9.97. The van der Waals surface area contributed by atoms with Crippen LogP contribution in [0.3, 0.4) is 0 Å². The monoisotopic (exact) mass is 475 g/mol. The first-order valence-corrected chi connectivity index (χ1v) is 12.9. The summed E-state index contributed by atoms with van der Waals surface area (Å²) in [6.07, 6.45) is 5.01. The zero-order chi connectivity index (χ0) is 22.8. The van der Waals surface area contributed by atoms with Crippen LogP contribution in [0.15, 0.2) is 69.4 Å². The van der Waals surface area contributed by atoms with Gasteiger partial charge in [0.15, 0.2) is 5.16 Å². The van der Waals surface area contributed by atoms with Crippen LogP contribution < -0.4 is 10.9 Å². The second kappa shape index (κ2) is 9.53. The Morgan fingerprint density at radius 1 is 1.09 bits per heavy atom. The highest BCUT2D eigenvalue weighted by atomic mass is 32.2. The van der Waals surface area contributed by atoms with Gasteiger partial charge in [-0.15, -0.1) is 11.3 Å². The van der Waals surface area contributed by atoms with Crippen molar-refractivity contribution in [2.75, 3.05) is 6.54 Å². The average Bonchev–Trinajstić information content (AvgIpc) is 3.19. The van der Waals surface area contributed by atoms with E-state index in [1.807, 2.05) is 42.5 Å². The number of nitrogens with zero attached hydrogens (tertiary/aromatic N) is 2. The third-order valence-corrected chi connectivity index (χ3v) is 8.17.